The van der Waals surface area contributed by atoms with Crippen molar-refractivity contribution in [1.82, 2.24) is 14.7 Å². The second-order valence-corrected chi connectivity index (χ2v) is 7.01. The number of likely N-dealkylation sites (tertiary alicyclic amines) is 1. The second-order valence-electron chi connectivity index (χ2n) is 7.01. The molecule has 7 nitrogen and oxygen atoms in total. The predicted octanol–water partition coefficient (Wildman–Crippen LogP) is 2.58. The minimum Gasteiger partial charge on any atom is -0.383 e. The molecule has 2 amide bonds. The van der Waals surface area contributed by atoms with Crippen molar-refractivity contribution in [2.24, 2.45) is 5.73 Å². The molecule has 0 saturated carbocycles. The molecule has 0 atom stereocenters. The monoisotopic (exact) mass is 437 g/mol. The Morgan fingerprint density at radius 1 is 1.23 bits per heavy atom. The van der Waals surface area contributed by atoms with Crippen molar-refractivity contribution in [2.45, 2.75) is 32.0 Å². The van der Waals surface area contributed by atoms with E-state index in [0.29, 0.717) is 38.1 Å². The summed E-state index contributed by atoms with van der Waals surface area (Å²) in [5.41, 5.74) is 9.69. The van der Waals surface area contributed by atoms with E-state index >= 15 is 0 Å². The van der Waals surface area contributed by atoms with E-state index in [1.807, 2.05) is 0 Å². The van der Waals surface area contributed by atoms with E-state index in [2.05, 4.69) is 16.9 Å². The molecular weight excluding hydrogens is 418 g/mol. The second kappa shape index (κ2) is 8.29. The smallest absolute Gasteiger partial charge is 0.383 e. The average molecular weight is 437 g/mol. The number of halogens is 4. The summed E-state index contributed by atoms with van der Waals surface area (Å²) in [5, 5.41) is 4.28. The highest BCUT2D eigenvalue weighted by atomic mass is 19.4. The number of primary amides is 1. The van der Waals surface area contributed by atoms with Crippen LogP contribution in [0.25, 0.3) is 11.3 Å². The summed E-state index contributed by atoms with van der Waals surface area (Å²) in [6.45, 7) is 2.33. The fraction of sp³-hybridized carbons (Fsp3) is 0.350. The zero-order chi connectivity index (χ0) is 22.9. The zero-order valence-corrected chi connectivity index (χ0v) is 16.5. The van der Waals surface area contributed by atoms with Crippen LogP contribution in [-0.4, -0.2) is 39.6 Å². The van der Waals surface area contributed by atoms with E-state index in [1.165, 1.54) is 4.68 Å². The number of benzene rings is 1. The molecule has 3 rings (SSSR count). The lowest BCUT2D eigenvalue weighted by molar-refractivity contribution is -0.140. The van der Waals surface area contributed by atoms with Crippen molar-refractivity contribution in [3.63, 3.8) is 0 Å². The van der Waals surface area contributed by atoms with Gasteiger partial charge in [0.2, 0.25) is 0 Å². The number of piperidine rings is 1. The molecule has 0 radical (unpaired) electrons. The minimum absolute atomic E-state index is 0.0596. The predicted molar refractivity (Wildman–Crippen MR) is 104 cm³/mol. The van der Waals surface area contributed by atoms with Gasteiger partial charge in [0, 0.05) is 18.7 Å². The summed E-state index contributed by atoms with van der Waals surface area (Å²) < 4.78 is 54.0. The number of alkyl halides is 3. The van der Waals surface area contributed by atoms with Crippen LogP contribution in [0.5, 0.6) is 0 Å². The third-order valence-electron chi connectivity index (χ3n) is 5.07. The Morgan fingerprint density at radius 3 is 2.39 bits per heavy atom. The number of carbonyl (C=O) groups is 2. The molecule has 1 aliphatic heterocycles. The van der Waals surface area contributed by atoms with E-state index < -0.39 is 23.5 Å². The van der Waals surface area contributed by atoms with Crippen molar-refractivity contribution in [1.29, 1.82) is 0 Å². The van der Waals surface area contributed by atoms with Gasteiger partial charge in [-0.15, -0.1) is 0 Å². The molecule has 1 fully saturated rings. The summed E-state index contributed by atoms with van der Waals surface area (Å²) in [4.78, 5) is 25.5. The lowest BCUT2D eigenvalue weighted by Crippen LogP contribution is -2.38. The topological polar surface area (TPSA) is 107 Å². The molecule has 11 heteroatoms. The van der Waals surface area contributed by atoms with E-state index in [-0.39, 0.29) is 34.6 Å². The fourth-order valence-corrected chi connectivity index (χ4v) is 3.56. The van der Waals surface area contributed by atoms with Crippen molar-refractivity contribution >= 4 is 17.6 Å². The molecule has 2 aromatic rings. The number of hydrogen-bond acceptors (Lipinski definition) is 4. The maximum Gasteiger partial charge on any atom is 0.419 e. The van der Waals surface area contributed by atoms with Crippen molar-refractivity contribution in [2.75, 3.05) is 18.8 Å². The number of carbonyl (C=O) groups excluding carboxylic acids is 2. The normalized spacial score (nSPS) is 14.8. The molecule has 31 heavy (non-hydrogen) atoms. The van der Waals surface area contributed by atoms with Crippen molar-refractivity contribution < 1.29 is 27.2 Å². The highest BCUT2D eigenvalue weighted by molar-refractivity contribution is 6.03. The Bertz CT molecular complexity index is 1090. The number of anilines is 1. The molecule has 2 heterocycles. The van der Waals surface area contributed by atoms with Crippen LogP contribution in [0.1, 0.15) is 41.7 Å². The van der Waals surface area contributed by atoms with E-state index in [9.17, 15) is 27.2 Å². The van der Waals surface area contributed by atoms with Gasteiger partial charge in [0.25, 0.3) is 11.8 Å². The first kappa shape index (κ1) is 22.1. The summed E-state index contributed by atoms with van der Waals surface area (Å²) in [5.74, 6) is 2.20. The Balaban J connectivity index is 1.95. The quantitative estimate of drug-likeness (QED) is 0.569. The lowest BCUT2D eigenvalue weighted by atomic mass is 10.0. The van der Waals surface area contributed by atoms with Gasteiger partial charge >= 0.3 is 6.18 Å². The van der Waals surface area contributed by atoms with Crippen LogP contribution in [-0.2, 0) is 11.0 Å². The lowest BCUT2D eigenvalue weighted by Gasteiger charge is -2.31. The number of nitrogens with zero attached hydrogens (tertiary/aromatic N) is 3. The van der Waals surface area contributed by atoms with Gasteiger partial charge < -0.3 is 16.4 Å². The number of nitrogens with two attached hydrogens (primary N) is 2. The number of aromatic nitrogens is 2. The van der Waals surface area contributed by atoms with Crippen LogP contribution >= 0.6 is 0 Å². The van der Waals surface area contributed by atoms with Gasteiger partial charge in [-0.05, 0) is 37.8 Å². The van der Waals surface area contributed by atoms with Crippen LogP contribution in [0.3, 0.4) is 0 Å². The Morgan fingerprint density at radius 2 is 1.87 bits per heavy atom. The molecule has 1 aliphatic rings. The van der Waals surface area contributed by atoms with Gasteiger partial charge in [-0.2, -0.15) is 18.3 Å². The number of amides is 2. The van der Waals surface area contributed by atoms with Gasteiger partial charge in [-0.25, -0.2) is 9.07 Å². The van der Waals surface area contributed by atoms with Crippen molar-refractivity contribution in [3.05, 3.63) is 35.1 Å². The van der Waals surface area contributed by atoms with Crippen LogP contribution in [0.15, 0.2) is 18.2 Å². The van der Waals surface area contributed by atoms with Gasteiger partial charge in [-0.1, -0.05) is 12.0 Å². The zero-order valence-electron chi connectivity index (χ0n) is 16.5. The third-order valence-corrected chi connectivity index (χ3v) is 5.07. The molecule has 4 N–H and O–H groups in total. The largest absolute Gasteiger partial charge is 0.419 e. The van der Waals surface area contributed by atoms with Crippen molar-refractivity contribution in [3.8, 4) is 23.1 Å². The Hall–Kier alpha value is -3.55. The minimum atomic E-state index is -4.86. The molecule has 1 aromatic heterocycles. The number of rotatable bonds is 3. The Kier molecular flexibility index (Phi) is 5.92. The van der Waals surface area contributed by atoms with E-state index in [0.717, 1.165) is 6.07 Å². The maximum atomic E-state index is 14.1. The molecule has 0 unspecified atom stereocenters. The molecular formula is C20H19F4N5O2. The Labute approximate surface area is 175 Å². The van der Waals surface area contributed by atoms with Gasteiger partial charge in [0.15, 0.2) is 0 Å². The summed E-state index contributed by atoms with van der Waals surface area (Å²) in [6.07, 6.45) is -3.94. The average Bonchev–Trinajstić information content (AvgIpc) is 3.04. The van der Waals surface area contributed by atoms with Crippen LogP contribution < -0.4 is 11.5 Å². The summed E-state index contributed by atoms with van der Waals surface area (Å²) in [6, 6.07) is 1.94. The molecule has 1 saturated heterocycles. The van der Waals surface area contributed by atoms with Gasteiger partial charge in [0.1, 0.15) is 22.9 Å². The third kappa shape index (κ3) is 4.33. The summed E-state index contributed by atoms with van der Waals surface area (Å²) >= 11 is 0. The first-order chi connectivity index (χ1) is 14.5. The summed E-state index contributed by atoms with van der Waals surface area (Å²) in [7, 11) is 0. The standard InChI is InChI=1S/C20H19F4N5O2/c1-2-3-15(30)28-8-6-12(7-9-28)29-18(25)16(19(26)31)17(27-29)11-4-5-13(14(21)10-11)20(22,23)24/h4-5,10,12H,6-9,25H2,1H3,(H2,26,31). The molecule has 0 bridgehead atoms. The molecule has 0 aliphatic carbocycles. The highest BCUT2D eigenvalue weighted by Crippen LogP contribution is 2.36. The SMILES string of the molecule is CC#CC(=O)N1CCC(n2nc(-c3ccc(C(F)(F)F)c(F)c3)c(C(N)=O)c2N)CC1. The first-order valence-electron chi connectivity index (χ1n) is 9.31. The number of nitrogen functional groups attached to an aromatic ring is 1. The van der Waals surface area contributed by atoms with Crippen LogP contribution in [0.4, 0.5) is 23.4 Å². The molecule has 1 aromatic carbocycles. The number of hydrogen-bond donors (Lipinski definition) is 2. The molecule has 164 valence electrons. The van der Waals surface area contributed by atoms with Crippen LogP contribution in [0.2, 0.25) is 0 Å². The maximum absolute atomic E-state index is 14.1. The highest BCUT2D eigenvalue weighted by Gasteiger charge is 2.35. The van der Waals surface area contributed by atoms with Gasteiger partial charge in [-0.3, -0.25) is 9.59 Å². The van der Waals surface area contributed by atoms with Crippen LogP contribution in [0, 0.1) is 17.7 Å². The van der Waals surface area contributed by atoms with E-state index in [4.69, 9.17) is 11.5 Å². The molecule has 0 spiro atoms. The fourth-order valence-electron chi connectivity index (χ4n) is 3.56. The van der Waals surface area contributed by atoms with Gasteiger partial charge in [0.05, 0.1) is 11.6 Å². The van der Waals surface area contributed by atoms with E-state index in [1.54, 1.807) is 11.8 Å². The first-order valence-corrected chi connectivity index (χ1v) is 9.31.